The van der Waals surface area contributed by atoms with Crippen molar-refractivity contribution in [1.29, 1.82) is 0 Å². The van der Waals surface area contributed by atoms with Gasteiger partial charge in [-0.25, -0.2) is 0 Å². The molecule has 4 heteroatoms. The van der Waals surface area contributed by atoms with Crippen molar-refractivity contribution in [3.8, 4) is 5.75 Å². The van der Waals surface area contributed by atoms with E-state index in [0.717, 1.165) is 11.1 Å². The van der Waals surface area contributed by atoms with Crippen LogP contribution in [0, 0.1) is 13.8 Å². The predicted molar refractivity (Wildman–Crippen MR) is 79.9 cm³/mol. The lowest BCUT2D eigenvalue weighted by atomic mass is 9.96. The normalized spacial score (nSPS) is 13.1. The molecule has 2 aromatic carbocycles. The average molecular weight is 281 g/mol. The van der Waals surface area contributed by atoms with Crippen molar-refractivity contribution in [1.82, 2.24) is 0 Å². The Morgan fingerprint density at radius 1 is 1.19 bits per heavy atom. The van der Waals surface area contributed by atoms with Crippen LogP contribution in [0.15, 0.2) is 36.4 Å². The zero-order valence-electron chi connectivity index (χ0n) is 11.9. The minimum Gasteiger partial charge on any atom is -0.482 e. The Labute approximate surface area is 122 Å². The lowest BCUT2D eigenvalue weighted by Crippen LogP contribution is -2.25. The number of benzene rings is 2. The fraction of sp³-hybridized carbons (Fsp3) is 0.176. The van der Waals surface area contributed by atoms with Gasteiger partial charge in [-0.2, -0.15) is 0 Å². The quantitative estimate of drug-likeness (QED) is 0.861. The van der Waals surface area contributed by atoms with Crippen LogP contribution in [0.1, 0.15) is 27.0 Å². The van der Waals surface area contributed by atoms with Crippen molar-refractivity contribution in [2.45, 2.75) is 13.8 Å². The molecule has 3 rings (SSSR count). The van der Waals surface area contributed by atoms with E-state index in [-0.39, 0.29) is 18.3 Å². The molecule has 1 aliphatic rings. The number of anilines is 1. The van der Waals surface area contributed by atoms with Gasteiger partial charge in [0.25, 0.3) is 5.91 Å². The highest BCUT2D eigenvalue weighted by atomic mass is 16.5. The molecule has 0 radical (unpaired) electrons. The third-order valence-electron chi connectivity index (χ3n) is 3.72. The highest BCUT2D eigenvalue weighted by molar-refractivity contribution is 6.11. The van der Waals surface area contributed by atoms with Crippen LogP contribution in [-0.4, -0.2) is 18.3 Å². The Morgan fingerprint density at radius 3 is 2.81 bits per heavy atom. The van der Waals surface area contributed by atoms with E-state index >= 15 is 0 Å². The maximum Gasteiger partial charge on any atom is 0.262 e. The molecule has 21 heavy (non-hydrogen) atoms. The molecule has 0 aliphatic carbocycles. The summed E-state index contributed by atoms with van der Waals surface area (Å²) in [4.78, 5) is 24.0. The maximum absolute atomic E-state index is 12.6. The largest absolute Gasteiger partial charge is 0.482 e. The van der Waals surface area contributed by atoms with E-state index in [0.29, 0.717) is 22.6 Å². The first kappa shape index (κ1) is 13.4. The van der Waals surface area contributed by atoms with Gasteiger partial charge in [-0.3, -0.25) is 9.59 Å². The summed E-state index contributed by atoms with van der Waals surface area (Å²) in [5.74, 6) is 0.324. The van der Waals surface area contributed by atoms with E-state index < -0.39 is 0 Å². The van der Waals surface area contributed by atoms with E-state index in [4.69, 9.17) is 4.74 Å². The Hall–Kier alpha value is -2.62. The van der Waals surface area contributed by atoms with Gasteiger partial charge in [-0.15, -0.1) is 0 Å². The van der Waals surface area contributed by atoms with Crippen molar-refractivity contribution >= 4 is 17.4 Å². The number of ether oxygens (including phenoxy) is 1. The number of aryl methyl sites for hydroxylation is 1. The van der Waals surface area contributed by atoms with E-state index in [2.05, 4.69) is 5.32 Å². The summed E-state index contributed by atoms with van der Waals surface area (Å²) in [6.45, 7) is 3.93. The summed E-state index contributed by atoms with van der Waals surface area (Å²) < 4.78 is 5.30. The van der Waals surface area contributed by atoms with Gasteiger partial charge in [0, 0.05) is 11.1 Å². The SMILES string of the molecule is Cc1cccc(C(=O)c2ccc3c(c2)NC(=O)CO3)c1C. The number of ketones is 1. The monoisotopic (exact) mass is 281 g/mol. The van der Waals surface area contributed by atoms with Crippen LogP contribution in [0.25, 0.3) is 0 Å². The van der Waals surface area contributed by atoms with E-state index in [9.17, 15) is 9.59 Å². The van der Waals surface area contributed by atoms with Gasteiger partial charge in [0.1, 0.15) is 5.75 Å². The highest BCUT2D eigenvalue weighted by Gasteiger charge is 2.19. The summed E-state index contributed by atoms with van der Waals surface area (Å²) in [7, 11) is 0. The number of amides is 1. The van der Waals surface area contributed by atoms with Crippen LogP contribution < -0.4 is 10.1 Å². The molecular weight excluding hydrogens is 266 g/mol. The molecule has 1 amide bonds. The molecule has 2 aromatic rings. The number of hydrogen-bond acceptors (Lipinski definition) is 3. The van der Waals surface area contributed by atoms with Crippen molar-refractivity contribution < 1.29 is 14.3 Å². The van der Waals surface area contributed by atoms with Crippen LogP contribution in [0.3, 0.4) is 0 Å². The molecule has 0 aromatic heterocycles. The van der Waals surface area contributed by atoms with Gasteiger partial charge in [-0.05, 0) is 43.2 Å². The van der Waals surface area contributed by atoms with Crippen LogP contribution in [-0.2, 0) is 4.79 Å². The van der Waals surface area contributed by atoms with Crippen LogP contribution in [0.5, 0.6) is 5.75 Å². The van der Waals surface area contributed by atoms with Crippen LogP contribution >= 0.6 is 0 Å². The molecule has 0 atom stereocenters. The van der Waals surface area contributed by atoms with Crippen LogP contribution in [0.4, 0.5) is 5.69 Å². The summed E-state index contributed by atoms with van der Waals surface area (Å²) >= 11 is 0. The van der Waals surface area contributed by atoms with E-state index in [1.807, 2.05) is 32.0 Å². The number of nitrogens with one attached hydrogen (secondary N) is 1. The van der Waals surface area contributed by atoms with Crippen molar-refractivity contribution in [3.05, 3.63) is 58.7 Å². The summed E-state index contributed by atoms with van der Waals surface area (Å²) in [5, 5.41) is 2.72. The zero-order chi connectivity index (χ0) is 15.0. The minimum atomic E-state index is -0.209. The van der Waals surface area contributed by atoms with E-state index in [1.165, 1.54) is 0 Å². The molecule has 4 nitrogen and oxygen atoms in total. The van der Waals surface area contributed by atoms with Gasteiger partial charge in [-0.1, -0.05) is 18.2 Å². The molecule has 1 aliphatic heterocycles. The third-order valence-corrected chi connectivity index (χ3v) is 3.72. The molecule has 0 bridgehead atoms. The Kier molecular flexibility index (Phi) is 3.22. The second-order valence-electron chi connectivity index (χ2n) is 5.12. The fourth-order valence-corrected chi connectivity index (χ4v) is 2.38. The van der Waals surface area contributed by atoms with E-state index in [1.54, 1.807) is 18.2 Å². The number of carbonyl (C=O) groups excluding carboxylic acids is 2. The first-order valence-corrected chi connectivity index (χ1v) is 6.74. The minimum absolute atomic E-state index is 0.0112. The summed E-state index contributed by atoms with van der Waals surface area (Å²) in [5.41, 5.74) is 3.81. The zero-order valence-corrected chi connectivity index (χ0v) is 11.9. The molecule has 0 unspecified atom stereocenters. The Morgan fingerprint density at radius 2 is 2.00 bits per heavy atom. The number of hydrogen-bond donors (Lipinski definition) is 1. The first-order chi connectivity index (χ1) is 10.1. The third kappa shape index (κ3) is 2.40. The van der Waals surface area contributed by atoms with Gasteiger partial charge >= 0.3 is 0 Å². The number of rotatable bonds is 2. The molecular formula is C17H15NO3. The van der Waals surface area contributed by atoms with Crippen LogP contribution in [0.2, 0.25) is 0 Å². The van der Waals surface area contributed by atoms with Crippen molar-refractivity contribution in [2.24, 2.45) is 0 Å². The fourth-order valence-electron chi connectivity index (χ4n) is 2.38. The van der Waals surface area contributed by atoms with Gasteiger partial charge in [0.2, 0.25) is 0 Å². The predicted octanol–water partition coefficient (Wildman–Crippen LogP) is 2.87. The smallest absolute Gasteiger partial charge is 0.262 e. The highest BCUT2D eigenvalue weighted by Crippen LogP contribution is 2.29. The standard InChI is InChI=1S/C17H15NO3/c1-10-4-3-5-13(11(10)2)17(20)12-6-7-15-14(8-12)18-16(19)9-21-15/h3-8H,9H2,1-2H3,(H,18,19). The maximum atomic E-state index is 12.6. The van der Waals surface area contributed by atoms with Gasteiger partial charge < -0.3 is 10.1 Å². The molecule has 0 saturated carbocycles. The average Bonchev–Trinajstić information content (AvgIpc) is 2.48. The molecule has 0 spiro atoms. The van der Waals surface area contributed by atoms with Gasteiger partial charge in [0.05, 0.1) is 5.69 Å². The second-order valence-corrected chi connectivity index (χ2v) is 5.12. The topological polar surface area (TPSA) is 55.4 Å². The molecule has 0 saturated heterocycles. The Balaban J connectivity index is 2.01. The second kappa shape index (κ2) is 5.05. The summed E-state index contributed by atoms with van der Waals surface area (Å²) in [6, 6.07) is 10.8. The van der Waals surface area contributed by atoms with Crippen molar-refractivity contribution in [2.75, 3.05) is 11.9 Å². The number of carbonyl (C=O) groups is 2. The lowest BCUT2D eigenvalue weighted by Gasteiger charge is -2.18. The molecule has 1 heterocycles. The number of fused-ring (bicyclic) bond motifs is 1. The molecule has 106 valence electrons. The molecule has 1 N–H and O–H groups in total. The van der Waals surface area contributed by atoms with Crippen molar-refractivity contribution in [3.63, 3.8) is 0 Å². The lowest BCUT2D eigenvalue weighted by molar-refractivity contribution is -0.118. The Bertz CT molecular complexity index is 750. The first-order valence-electron chi connectivity index (χ1n) is 6.74. The molecule has 0 fully saturated rings. The van der Waals surface area contributed by atoms with Gasteiger partial charge in [0.15, 0.2) is 12.4 Å². The summed E-state index contributed by atoms with van der Waals surface area (Å²) in [6.07, 6.45) is 0.